The van der Waals surface area contributed by atoms with E-state index >= 15 is 0 Å². The smallest absolute Gasteiger partial charge is 0.116 e. The van der Waals surface area contributed by atoms with Crippen LogP contribution in [-0.2, 0) is 6.42 Å². The van der Waals surface area contributed by atoms with Crippen LogP contribution in [0.25, 0.3) is 6.08 Å². The Kier molecular flexibility index (Phi) is 5.79. The molecule has 0 saturated heterocycles. The fourth-order valence-electron chi connectivity index (χ4n) is 2.30. The molecule has 0 spiro atoms. The normalized spacial score (nSPS) is 11.0. The average molecular weight is 314 g/mol. The highest BCUT2D eigenvalue weighted by Crippen LogP contribution is 2.20. The molecule has 2 aromatic carbocycles. The van der Waals surface area contributed by atoms with Crippen molar-refractivity contribution >= 4 is 23.4 Å². The number of halogens is 1. The molecule has 0 unspecified atom stereocenters. The zero-order valence-electron chi connectivity index (χ0n) is 12.6. The van der Waals surface area contributed by atoms with E-state index in [0.717, 1.165) is 36.0 Å². The Morgan fingerprint density at radius 2 is 2.05 bits per heavy atom. The fourth-order valence-corrected chi connectivity index (χ4v) is 2.49. The first-order valence-electron chi connectivity index (χ1n) is 7.44. The number of benzene rings is 2. The maximum atomic E-state index is 9.46. The molecule has 0 saturated carbocycles. The number of phenols is 1. The number of allylic oxidation sites excluding steroid dienone is 1. The van der Waals surface area contributed by atoms with Crippen LogP contribution in [0.4, 0.5) is 0 Å². The van der Waals surface area contributed by atoms with Gasteiger partial charge in [-0.3, -0.25) is 0 Å². The van der Waals surface area contributed by atoms with Gasteiger partial charge in [-0.1, -0.05) is 49.2 Å². The third-order valence-electron chi connectivity index (χ3n) is 3.47. The van der Waals surface area contributed by atoms with Crippen LogP contribution < -0.4 is 0 Å². The number of aromatic hydroxyl groups is 1. The van der Waals surface area contributed by atoms with Crippen LogP contribution in [-0.4, -0.2) is 10.8 Å². The molecule has 0 heterocycles. The van der Waals surface area contributed by atoms with Crippen LogP contribution in [0.1, 0.15) is 36.5 Å². The standard InChI is InChI=1S/C19H20ClNO/c1-2-3-6-15-13-16(20)9-10-18(15)19(21)11-8-14-5-4-7-17(22)12-14/h4-5,7-13,21-22H,2-3,6H2,1H3/b11-8+,21-19?. The van der Waals surface area contributed by atoms with Crippen LogP contribution in [0, 0.1) is 5.41 Å². The van der Waals surface area contributed by atoms with Gasteiger partial charge in [0.05, 0.1) is 5.71 Å². The quantitative estimate of drug-likeness (QED) is 0.682. The molecule has 0 aliphatic carbocycles. The summed E-state index contributed by atoms with van der Waals surface area (Å²) in [5.74, 6) is 0.226. The van der Waals surface area contributed by atoms with Gasteiger partial charge in [-0.15, -0.1) is 0 Å². The summed E-state index contributed by atoms with van der Waals surface area (Å²) in [6, 6.07) is 12.7. The number of phenolic OH excluding ortho intramolecular Hbond substituents is 1. The van der Waals surface area contributed by atoms with Crippen molar-refractivity contribution in [3.63, 3.8) is 0 Å². The van der Waals surface area contributed by atoms with Crippen molar-refractivity contribution in [2.45, 2.75) is 26.2 Å². The van der Waals surface area contributed by atoms with E-state index in [4.69, 9.17) is 17.0 Å². The summed E-state index contributed by atoms with van der Waals surface area (Å²) in [5, 5.41) is 18.5. The molecule has 2 nitrogen and oxygen atoms in total. The zero-order valence-corrected chi connectivity index (χ0v) is 13.4. The largest absolute Gasteiger partial charge is 0.508 e. The molecule has 2 N–H and O–H groups in total. The van der Waals surface area contributed by atoms with Gasteiger partial charge in [0.15, 0.2) is 0 Å². The van der Waals surface area contributed by atoms with E-state index < -0.39 is 0 Å². The van der Waals surface area contributed by atoms with Gasteiger partial charge in [-0.25, -0.2) is 0 Å². The maximum Gasteiger partial charge on any atom is 0.116 e. The molecule has 0 aromatic heterocycles. The Bertz CT molecular complexity index is 692. The SMILES string of the molecule is CCCCc1cc(Cl)ccc1C(=N)/C=C/c1cccc(O)c1. The van der Waals surface area contributed by atoms with Gasteiger partial charge >= 0.3 is 0 Å². The van der Waals surface area contributed by atoms with Gasteiger partial charge in [0, 0.05) is 10.6 Å². The molecule has 0 atom stereocenters. The Balaban J connectivity index is 2.21. The van der Waals surface area contributed by atoms with Gasteiger partial charge in [-0.05, 0) is 54.3 Å². The van der Waals surface area contributed by atoms with E-state index in [-0.39, 0.29) is 5.75 Å². The summed E-state index contributed by atoms with van der Waals surface area (Å²) in [6.07, 6.45) is 6.71. The summed E-state index contributed by atoms with van der Waals surface area (Å²) in [5.41, 5.74) is 3.34. The minimum Gasteiger partial charge on any atom is -0.508 e. The molecule has 0 aliphatic heterocycles. The van der Waals surface area contributed by atoms with Gasteiger partial charge < -0.3 is 10.5 Å². The topological polar surface area (TPSA) is 44.1 Å². The van der Waals surface area contributed by atoms with Crippen molar-refractivity contribution in [2.24, 2.45) is 0 Å². The molecular formula is C19H20ClNO. The molecule has 0 radical (unpaired) electrons. The molecule has 0 bridgehead atoms. The van der Waals surface area contributed by atoms with E-state index in [9.17, 15) is 5.11 Å². The Morgan fingerprint density at radius 3 is 2.77 bits per heavy atom. The lowest BCUT2D eigenvalue weighted by atomic mass is 9.98. The van der Waals surface area contributed by atoms with Crippen molar-refractivity contribution in [2.75, 3.05) is 0 Å². The van der Waals surface area contributed by atoms with E-state index in [2.05, 4.69) is 6.92 Å². The first-order chi connectivity index (χ1) is 10.6. The predicted molar refractivity (Wildman–Crippen MR) is 94.0 cm³/mol. The summed E-state index contributed by atoms with van der Waals surface area (Å²) in [6.45, 7) is 2.15. The van der Waals surface area contributed by atoms with E-state index in [1.807, 2.05) is 30.3 Å². The lowest BCUT2D eigenvalue weighted by Gasteiger charge is -2.09. The predicted octanol–water partition coefficient (Wildman–Crippen LogP) is 5.47. The fraction of sp³-hybridized carbons (Fsp3) is 0.211. The molecular weight excluding hydrogens is 294 g/mol. The van der Waals surface area contributed by atoms with Crippen molar-refractivity contribution in [1.29, 1.82) is 5.41 Å². The van der Waals surface area contributed by atoms with Gasteiger partial charge in [0.2, 0.25) is 0 Å². The Labute approximate surface area is 136 Å². The van der Waals surface area contributed by atoms with E-state index in [1.54, 1.807) is 24.3 Å². The van der Waals surface area contributed by atoms with Crippen molar-refractivity contribution < 1.29 is 5.11 Å². The number of rotatable bonds is 6. The average Bonchev–Trinajstić information content (AvgIpc) is 2.51. The van der Waals surface area contributed by atoms with Gasteiger partial charge in [-0.2, -0.15) is 0 Å². The number of unbranched alkanes of at least 4 members (excludes halogenated alkanes) is 1. The molecule has 114 valence electrons. The lowest BCUT2D eigenvalue weighted by Crippen LogP contribution is -2.01. The molecule has 22 heavy (non-hydrogen) atoms. The second-order valence-electron chi connectivity index (χ2n) is 5.25. The second kappa shape index (κ2) is 7.81. The van der Waals surface area contributed by atoms with Crippen molar-refractivity contribution in [3.8, 4) is 5.75 Å². The van der Waals surface area contributed by atoms with Crippen molar-refractivity contribution in [1.82, 2.24) is 0 Å². The minimum absolute atomic E-state index is 0.226. The molecule has 2 rings (SSSR count). The molecule has 0 amide bonds. The molecule has 2 aromatic rings. The number of hydrogen-bond donors (Lipinski definition) is 2. The summed E-state index contributed by atoms with van der Waals surface area (Å²) in [4.78, 5) is 0. The highest BCUT2D eigenvalue weighted by molar-refractivity contribution is 6.30. The minimum atomic E-state index is 0.226. The van der Waals surface area contributed by atoms with E-state index in [1.165, 1.54) is 0 Å². The number of nitrogens with one attached hydrogen (secondary N) is 1. The molecule has 3 heteroatoms. The zero-order chi connectivity index (χ0) is 15.9. The first-order valence-corrected chi connectivity index (χ1v) is 7.82. The van der Waals surface area contributed by atoms with Crippen LogP contribution in [0.2, 0.25) is 5.02 Å². The third kappa shape index (κ3) is 4.47. The molecule has 0 fully saturated rings. The third-order valence-corrected chi connectivity index (χ3v) is 3.70. The molecule has 0 aliphatic rings. The first kappa shape index (κ1) is 16.3. The number of hydrogen-bond acceptors (Lipinski definition) is 2. The lowest BCUT2D eigenvalue weighted by molar-refractivity contribution is 0.475. The summed E-state index contributed by atoms with van der Waals surface area (Å²) < 4.78 is 0. The monoisotopic (exact) mass is 313 g/mol. The van der Waals surface area contributed by atoms with Crippen LogP contribution in [0.5, 0.6) is 5.75 Å². The highest BCUT2D eigenvalue weighted by atomic mass is 35.5. The van der Waals surface area contributed by atoms with Gasteiger partial charge in [0.25, 0.3) is 0 Å². The summed E-state index contributed by atoms with van der Waals surface area (Å²) in [7, 11) is 0. The summed E-state index contributed by atoms with van der Waals surface area (Å²) >= 11 is 6.07. The van der Waals surface area contributed by atoms with Crippen LogP contribution in [0.3, 0.4) is 0 Å². The number of aryl methyl sites for hydroxylation is 1. The van der Waals surface area contributed by atoms with Crippen LogP contribution >= 0.6 is 11.6 Å². The Hall–Kier alpha value is -2.06. The maximum absolute atomic E-state index is 9.46. The Morgan fingerprint density at radius 1 is 1.23 bits per heavy atom. The van der Waals surface area contributed by atoms with Crippen LogP contribution in [0.15, 0.2) is 48.5 Å². The van der Waals surface area contributed by atoms with Gasteiger partial charge in [0.1, 0.15) is 5.75 Å². The second-order valence-corrected chi connectivity index (χ2v) is 5.68. The van der Waals surface area contributed by atoms with E-state index in [0.29, 0.717) is 10.7 Å². The van der Waals surface area contributed by atoms with Crippen molar-refractivity contribution in [3.05, 3.63) is 70.3 Å². The highest BCUT2D eigenvalue weighted by Gasteiger charge is 2.06.